The van der Waals surface area contributed by atoms with Gasteiger partial charge in [0.2, 0.25) is 0 Å². The molecule has 0 N–H and O–H groups in total. The fourth-order valence-electron chi connectivity index (χ4n) is 6.73. The molecule has 0 unspecified atom stereocenters. The van der Waals surface area contributed by atoms with Crippen molar-refractivity contribution in [2.75, 3.05) is 26.4 Å². The fraction of sp³-hybridized carbons (Fsp3) is 1.00. The molecule has 4 heteroatoms. The second-order valence-corrected chi connectivity index (χ2v) is 10.6. The predicted molar refractivity (Wildman–Crippen MR) is 108 cm³/mol. The van der Waals surface area contributed by atoms with Gasteiger partial charge in [0.15, 0.2) is 11.6 Å². The third-order valence-corrected chi connectivity index (χ3v) is 9.05. The molecule has 5 rings (SSSR count). The van der Waals surface area contributed by atoms with E-state index in [0.717, 1.165) is 77.8 Å². The number of ether oxygens (including phenoxy) is 4. The van der Waals surface area contributed by atoms with E-state index in [-0.39, 0.29) is 11.6 Å². The van der Waals surface area contributed by atoms with Gasteiger partial charge < -0.3 is 18.9 Å². The topological polar surface area (TPSA) is 36.9 Å². The van der Waals surface area contributed by atoms with Crippen molar-refractivity contribution in [3.63, 3.8) is 0 Å². The van der Waals surface area contributed by atoms with Crippen LogP contribution in [0, 0.1) is 10.8 Å². The molecule has 5 aliphatic rings. The van der Waals surface area contributed by atoms with E-state index in [9.17, 15) is 0 Å². The Hall–Kier alpha value is -0.160. The third-order valence-electron chi connectivity index (χ3n) is 9.05. The first-order valence-corrected chi connectivity index (χ1v) is 12.2. The zero-order valence-electron chi connectivity index (χ0n) is 17.8. The quantitative estimate of drug-likeness (QED) is 0.528. The second-order valence-electron chi connectivity index (χ2n) is 10.6. The molecule has 0 aromatic heterocycles. The molecule has 28 heavy (non-hydrogen) atoms. The molecule has 0 amide bonds. The molecule has 4 nitrogen and oxygen atoms in total. The maximum absolute atomic E-state index is 6.20. The van der Waals surface area contributed by atoms with E-state index in [1.54, 1.807) is 0 Å². The predicted octanol–water partition coefficient (Wildman–Crippen LogP) is 5.73. The minimum absolute atomic E-state index is 0.234. The summed E-state index contributed by atoms with van der Waals surface area (Å²) in [5.41, 5.74) is 1.14. The normalized spacial score (nSPS) is 34.3. The van der Waals surface area contributed by atoms with Gasteiger partial charge in [-0.05, 0) is 87.9 Å². The summed E-state index contributed by atoms with van der Waals surface area (Å²) in [6.07, 6.45) is 20.0. The average Bonchev–Trinajstić information content (AvgIpc) is 3.11. The minimum Gasteiger partial charge on any atom is -0.350 e. The highest BCUT2D eigenvalue weighted by Gasteiger charge is 2.51. The molecule has 0 aromatic rings. The lowest BCUT2D eigenvalue weighted by Crippen LogP contribution is -2.48. The Morgan fingerprint density at radius 2 is 0.571 bits per heavy atom. The highest BCUT2D eigenvalue weighted by molar-refractivity contribution is 5.00. The Bertz CT molecular complexity index is 449. The van der Waals surface area contributed by atoms with Gasteiger partial charge in [0.1, 0.15) is 0 Å². The van der Waals surface area contributed by atoms with Gasteiger partial charge >= 0.3 is 0 Å². The molecule has 3 aliphatic carbocycles. The molecule has 0 bridgehead atoms. The molecule has 160 valence electrons. The summed E-state index contributed by atoms with van der Waals surface area (Å²) >= 11 is 0. The van der Waals surface area contributed by atoms with Crippen molar-refractivity contribution in [3.05, 3.63) is 0 Å². The highest BCUT2D eigenvalue weighted by atomic mass is 16.7. The fourth-order valence-corrected chi connectivity index (χ4v) is 6.73. The van der Waals surface area contributed by atoms with Crippen molar-refractivity contribution in [2.45, 2.75) is 114 Å². The van der Waals surface area contributed by atoms with Crippen LogP contribution in [0.15, 0.2) is 0 Å². The van der Waals surface area contributed by atoms with Gasteiger partial charge in [-0.15, -0.1) is 0 Å². The van der Waals surface area contributed by atoms with Gasteiger partial charge in [-0.3, -0.25) is 0 Å². The number of hydrogen-bond donors (Lipinski definition) is 0. The standard InChI is InChI=1S/C24H40O4/c1-2-18-26-23(25-17-1)13-9-21(10-14-23)5-7-22(8-6-21)11-15-24(16-12-22)27-19-3-4-20-28-24/h1-20H2. The van der Waals surface area contributed by atoms with Gasteiger partial charge in [0.05, 0.1) is 26.4 Å². The van der Waals surface area contributed by atoms with Gasteiger partial charge in [-0.1, -0.05) is 0 Å². The van der Waals surface area contributed by atoms with E-state index >= 15 is 0 Å². The van der Waals surface area contributed by atoms with E-state index in [0.29, 0.717) is 10.8 Å². The van der Waals surface area contributed by atoms with Crippen LogP contribution in [-0.4, -0.2) is 38.0 Å². The number of hydrogen-bond acceptors (Lipinski definition) is 4. The maximum Gasteiger partial charge on any atom is 0.168 e. The van der Waals surface area contributed by atoms with Crippen molar-refractivity contribution in [1.29, 1.82) is 0 Å². The van der Waals surface area contributed by atoms with Crippen molar-refractivity contribution in [3.8, 4) is 0 Å². The number of rotatable bonds is 0. The molecule has 0 radical (unpaired) electrons. The summed E-state index contributed by atoms with van der Waals surface area (Å²) in [4.78, 5) is 0. The molecular formula is C24H40O4. The van der Waals surface area contributed by atoms with Crippen LogP contribution in [-0.2, 0) is 18.9 Å². The van der Waals surface area contributed by atoms with Crippen LogP contribution in [0.1, 0.15) is 103 Å². The van der Waals surface area contributed by atoms with Crippen LogP contribution in [0.3, 0.4) is 0 Å². The van der Waals surface area contributed by atoms with E-state index < -0.39 is 0 Å². The van der Waals surface area contributed by atoms with Gasteiger partial charge in [0, 0.05) is 25.7 Å². The minimum atomic E-state index is -0.234. The Morgan fingerprint density at radius 1 is 0.321 bits per heavy atom. The summed E-state index contributed by atoms with van der Waals surface area (Å²) in [5, 5.41) is 0. The van der Waals surface area contributed by atoms with Crippen LogP contribution >= 0.6 is 0 Å². The largest absolute Gasteiger partial charge is 0.350 e. The first-order valence-electron chi connectivity index (χ1n) is 12.2. The van der Waals surface area contributed by atoms with E-state index in [4.69, 9.17) is 18.9 Å². The molecular weight excluding hydrogens is 352 g/mol. The molecule has 4 spiro atoms. The lowest BCUT2D eigenvalue weighted by molar-refractivity contribution is -0.260. The molecule has 2 aliphatic heterocycles. The molecule has 2 heterocycles. The first kappa shape index (κ1) is 19.8. The third kappa shape index (κ3) is 3.91. The summed E-state index contributed by atoms with van der Waals surface area (Å²) in [6.45, 7) is 3.56. The lowest BCUT2D eigenvalue weighted by atomic mass is 9.55. The molecule has 2 saturated heterocycles. The monoisotopic (exact) mass is 392 g/mol. The molecule has 5 fully saturated rings. The van der Waals surface area contributed by atoms with Crippen molar-refractivity contribution in [1.82, 2.24) is 0 Å². The Morgan fingerprint density at radius 3 is 0.857 bits per heavy atom. The van der Waals surface area contributed by atoms with Gasteiger partial charge in [-0.25, -0.2) is 0 Å². The molecule has 0 aromatic carbocycles. The maximum atomic E-state index is 6.20. The SMILES string of the molecule is C1CCOC2(CCC3(CCC4(CC3)CCC3(CC4)OCCCCO3)CC2)OC1. The van der Waals surface area contributed by atoms with E-state index in [1.807, 2.05) is 0 Å². The van der Waals surface area contributed by atoms with Crippen LogP contribution < -0.4 is 0 Å². The van der Waals surface area contributed by atoms with Gasteiger partial charge in [0.25, 0.3) is 0 Å². The van der Waals surface area contributed by atoms with Crippen LogP contribution in [0.25, 0.3) is 0 Å². The van der Waals surface area contributed by atoms with Crippen molar-refractivity contribution < 1.29 is 18.9 Å². The molecule has 3 saturated carbocycles. The summed E-state index contributed by atoms with van der Waals surface area (Å²) in [6, 6.07) is 0. The van der Waals surface area contributed by atoms with Crippen LogP contribution in [0.2, 0.25) is 0 Å². The van der Waals surface area contributed by atoms with Crippen LogP contribution in [0.4, 0.5) is 0 Å². The van der Waals surface area contributed by atoms with Crippen molar-refractivity contribution >= 4 is 0 Å². The summed E-state index contributed by atoms with van der Waals surface area (Å²) in [5.74, 6) is -0.468. The Kier molecular flexibility index (Phi) is 5.53. The first-order chi connectivity index (χ1) is 13.7. The lowest BCUT2D eigenvalue weighted by Gasteiger charge is -2.54. The zero-order chi connectivity index (χ0) is 19.0. The highest BCUT2D eigenvalue weighted by Crippen LogP contribution is 2.59. The average molecular weight is 393 g/mol. The van der Waals surface area contributed by atoms with Gasteiger partial charge in [-0.2, -0.15) is 0 Å². The molecule has 0 atom stereocenters. The zero-order valence-corrected chi connectivity index (χ0v) is 17.8. The van der Waals surface area contributed by atoms with Crippen molar-refractivity contribution in [2.24, 2.45) is 10.8 Å². The Balaban J connectivity index is 1.15. The summed E-state index contributed by atoms with van der Waals surface area (Å²) < 4.78 is 24.8. The van der Waals surface area contributed by atoms with E-state index in [2.05, 4.69) is 0 Å². The Labute approximate surface area is 171 Å². The second kappa shape index (κ2) is 7.83. The van der Waals surface area contributed by atoms with Crippen LogP contribution in [0.5, 0.6) is 0 Å². The summed E-state index contributed by atoms with van der Waals surface area (Å²) in [7, 11) is 0. The van der Waals surface area contributed by atoms with E-state index in [1.165, 1.54) is 51.4 Å². The smallest absolute Gasteiger partial charge is 0.168 e.